The first-order valence-corrected chi connectivity index (χ1v) is 3.40. The number of hydrogen-bond acceptors (Lipinski definition) is 2. The highest BCUT2D eigenvalue weighted by Gasteiger charge is 2.01. The van der Waals surface area contributed by atoms with Crippen molar-refractivity contribution in [2.45, 2.75) is 6.92 Å². The predicted octanol–water partition coefficient (Wildman–Crippen LogP) is 1.38. The fraction of sp³-hybridized carbons (Fsp3) is 0.125. The van der Waals surface area contributed by atoms with Crippen molar-refractivity contribution in [1.29, 1.82) is 0 Å². The Kier molecular flexibility index (Phi) is 1.18. The molecule has 3 nitrogen and oxygen atoms in total. The third-order valence-electron chi connectivity index (χ3n) is 1.72. The molecule has 2 aromatic heterocycles. The molecule has 2 heterocycles. The van der Waals surface area contributed by atoms with E-state index in [0.29, 0.717) is 0 Å². The smallest absolute Gasteiger partial charge is 0.177 e. The van der Waals surface area contributed by atoms with Gasteiger partial charge in [-0.1, -0.05) is 0 Å². The molecule has 55 valence electrons. The van der Waals surface area contributed by atoms with Crippen molar-refractivity contribution in [3.63, 3.8) is 0 Å². The highest BCUT2D eigenvalue weighted by atomic mass is 15.1. The van der Waals surface area contributed by atoms with Gasteiger partial charge in [0.15, 0.2) is 5.65 Å². The second kappa shape index (κ2) is 2.05. The molecule has 0 atom stereocenters. The standard InChI is InChI=1S/C8H8N3/c1-6-10-8-7(11(6)2)4-3-5-9-8/h3-5H,2H2,1H3. The van der Waals surface area contributed by atoms with Gasteiger partial charge in [0.2, 0.25) is 0 Å². The Bertz CT molecular complexity index is 389. The third kappa shape index (κ3) is 0.808. The van der Waals surface area contributed by atoms with Crippen LogP contribution >= 0.6 is 0 Å². The van der Waals surface area contributed by atoms with Crippen LogP contribution in [-0.4, -0.2) is 14.5 Å². The first-order valence-electron chi connectivity index (χ1n) is 3.40. The fourth-order valence-corrected chi connectivity index (χ4v) is 1.07. The molecular weight excluding hydrogens is 138 g/mol. The Morgan fingerprint density at radius 3 is 3.09 bits per heavy atom. The van der Waals surface area contributed by atoms with E-state index in [4.69, 9.17) is 0 Å². The lowest BCUT2D eigenvalue weighted by atomic mass is 10.4. The van der Waals surface area contributed by atoms with Gasteiger partial charge in [-0.3, -0.25) is 0 Å². The van der Waals surface area contributed by atoms with E-state index in [1.807, 2.05) is 19.1 Å². The lowest BCUT2D eigenvalue weighted by Gasteiger charge is -1.92. The van der Waals surface area contributed by atoms with Crippen LogP contribution in [0.4, 0.5) is 0 Å². The monoisotopic (exact) mass is 146 g/mol. The molecular formula is C8H8N3. The van der Waals surface area contributed by atoms with Crippen molar-refractivity contribution in [3.8, 4) is 0 Å². The predicted molar refractivity (Wildman–Crippen MR) is 43.0 cm³/mol. The minimum Gasteiger partial charge on any atom is -0.325 e. The Balaban J connectivity index is 2.92. The summed E-state index contributed by atoms with van der Waals surface area (Å²) in [7, 11) is 3.82. The Morgan fingerprint density at radius 1 is 1.55 bits per heavy atom. The van der Waals surface area contributed by atoms with E-state index in [0.717, 1.165) is 17.0 Å². The molecule has 0 amide bonds. The summed E-state index contributed by atoms with van der Waals surface area (Å²) in [5, 5.41) is 0. The van der Waals surface area contributed by atoms with Crippen molar-refractivity contribution in [2.75, 3.05) is 0 Å². The quantitative estimate of drug-likeness (QED) is 0.562. The van der Waals surface area contributed by atoms with Gasteiger partial charge in [0.05, 0.1) is 5.52 Å². The Morgan fingerprint density at radius 2 is 2.36 bits per heavy atom. The molecule has 0 unspecified atom stereocenters. The maximum absolute atomic E-state index is 4.20. The van der Waals surface area contributed by atoms with E-state index in [2.05, 4.69) is 17.0 Å². The Labute approximate surface area is 64.7 Å². The van der Waals surface area contributed by atoms with Crippen LogP contribution in [0.3, 0.4) is 0 Å². The van der Waals surface area contributed by atoms with Crippen molar-refractivity contribution < 1.29 is 0 Å². The second-order valence-corrected chi connectivity index (χ2v) is 2.43. The number of hydrogen-bond donors (Lipinski definition) is 0. The molecule has 0 bridgehead atoms. The fourth-order valence-electron chi connectivity index (χ4n) is 1.07. The maximum Gasteiger partial charge on any atom is 0.177 e. The summed E-state index contributed by atoms with van der Waals surface area (Å²) in [6.45, 7) is 1.91. The van der Waals surface area contributed by atoms with E-state index in [1.165, 1.54) is 0 Å². The van der Waals surface area contributed by atoms with Crippen molar-refractivity contribution >= 4 is 11.2 Å². The number of imidazole rings is 1. The second-order valence-electron chi connectivity index (χ2n) is 2.43. The SMILES string of the molecule is [CH2]n1c(C)nc2ncccc21. The zero-order chi connectivity index (χ0) is 7.84. The lowest BCUT2D eigenvalue weighted by Crippen LogP contribution is -1.86. The van der Waals surface area contributed by atoms with E-state index < -0.39 is 0 Å². The van der Waals surface area contributed by atoms with E-state index in [9.17, 15) is 0 Å². The normalized spacial score (nSPS) is 10.7. The summed E-state index contributed by atoms with van der Waals surface area (Å²) in [6, 6.07) is 3.83. The molecule has 0 aliphatic carbocycles. The van der Waals surface area contributed by atoms with Gasteiger partial charge in [-0.2, -0.15) is 0 Å². The topological polar surface area (TPSA) is 30.7 Å². The largest absolute Gasteiger partial charge is 0.325 e. The van der Waals surface area contributed by atoms with Crippen LogP contribution < -0.4 is 0 Å². The molecule has 1 radical (unpaired) electrons. The van der Waals surface area contributed by atoms with Crippen LogP contribution in [0, 0.1) is 14.0 Å². The van der Waals surface area contributed by atoms with Crippen LogP contribution in [0.25, 0.3) is 11.2 Å². The van der Waals surface area contributed by atoms with Gasteiger partial charge in [0.25, 0.3) is 0 Å². The first kappa shape index (κ1) is 6.34. The van der Waals surface area contributed by atoms with Crippen molar-refractivity contribution in [1.82, 2.24) is 14.5 Å². The molecule has 3 heteroatoms. The molecule has 0 fully saturated rings. The molecule has 0 spiro atoms. The number of fused-ring (bicyclic) bond motifs is 1. The van der Waals surface area contributed by atoms with Crippen LogP contribution in [0.5, 0.6) is 0 Å². The third-order valence-corrected chi connectivity index (χ3v) is 1.72. The first-order chi connectivity index (χ1) is 5.29. The minimum atomic E-state index is 0.764. The molecule has 0 N–H and O–H groups in total. The number of nitrogens with zero attached hydrogens (tertiary/aromatic N) is 3. The molecule has 0 saturated carbocycles. The average Bonchev–Trinajstić information content (AvgIpc) is 2.30. The maximum atomic E-state index is 4.20. The summed E-state index contributed by atoms with van der Waals surface area (Å²) in [4.78, 5) is 8.29. The van der Waals surface area contributed by atoms with E-state index >= 15 is 0 Å². The number of rotatable bonds is 0. The average molecular weight is 146 g/mol. The number of aryl methyl sites for hydroxylation is 1. The zero-order valence-corrected chi connectivity index (χ0v) is 6.28. The summed E-state index contributed by atoms with van der Waals surface area (Å²) in [5.74, 6) is 0.888. The van der Waals surface area contributed by atoms with Crippen LogP contribution in [-0.2, 0) is 0 Å². The summed E-state index contributed by atoms with van der Waals surface area (Å²) in [5.41, 5.74) is 1.74. The van der Waals surface area contributed by atoms with Gasteiger partial charge in [0.1, 0.15) is 5.82 Å². The van der Waals surface area contributed by atoms with E-state index in [-0.39, 0.29) is 0 Å². The molecule has 0 aromatic carbocycles. The number of aromatic nitrogens is 3. The molecule has 2 aromatic rings. The number of pyridine rings is 1. The minimum absolute atomic E-state index is 0.764. The molecule has 0 aliphatic heterocycles. The van der Waals surface area contributed by atoms with Crippen LogP contribution in [0.1, 0.15) is 5.82 Å². The van der Waals surface area contributed by atoms with Gasteiger partial charge in [0, 0.05) is 13.2 Å². The van der Waals surface area contributed by atoms with Gasteiger partial charge in [-0.05, 0) is 19.1 Å². The molecule has 2 rings (SSSR count). The van der Waals surface area contributed by atoms with Crippen molar-refractivity contribution in [3.05, 3.63) is 31.2 Å². The van der Waals surface area contributed by atoms with Crippen LogP contribution in [0.15, 0.2) is 18.3 Å². The van der Waals surface area contributed by atoms with Gasteiger partial charge >= 0.3 is 0 Å². The van der Waals surface area contributed by atoms with E-state index in [1.54, 1.807) is 10.8 Å². The summed E-state index contributed by atoms with van der Waals surface area (Å²) in [6.07, 6.45) is 1.73. The lowest BCUT2D eigenvalue weighted by molar-refractivity contribution is 1.00. The van der Waals surface area contributed by atoms with Crippen LogP contribution in [0.2, 0.25) is 0 Å². The summed E-state index contributed by atoms with van der Waals surface area (Å²) >= 11 is 0. The van der Waals surface area contributed by atoms with Crippen molar-refractivity contribution in [2.24, 2.45) is 0 Å². The Hall–Kier alpha value is -1.38. The van der Waals surface area contributed by atoms with Gasteiger partial charge in [-0.15, -0.1) is 0 Å². The molecule has 0 saturated heterocycles. The van der Waals surface area contributed by atoms with Gasteiger partial charge < -0.3 is 4.57 Å². The highest BCUT2D eigenvalue weighted by molar-refractivity contribution is 5.71. The zero-order valence-electron chi connectivity index (χ0n) is 6.28. The van der Waals surface area contributed by atoms with Gasteiger partial charge in [-0.25, -0.2) is 9.97 Å². The molecule has 11 heavy (non-hydrogen) atoms. The summed E-state index contributed by atoms with van der Waals surface area (Å²) < 4.78 is 1.78. The highest BCUT2D eigenvalue weighted by Crippen LogP contribution is 2.10. The molecule has 0 aliphatic rings.